The van der Waals surface area contributed by atoms with Gasteiger partial charge in [-0.2, -0.15) is 0 Å². The van der Waals surface area contributed by atoms with Crippen LogP contribution in [0.4, 0.5) is 17.1 Å². The van der Waals surface area contributed by atoms with E-state index in [1.807, 2.05) is 60.7 Å². The van der Waals surface area contributed by atoms with Crippen LogP contribution in [0.25, 0.3) is 11.5 Å². The van der Waals surface area contributed by atoms with E-state index in [1.165, 1.54) is 12.1 Å². The zero-order valence-electron chi connectivity index (χ0n) is 16.6. The summed E-state index contributed by atoms with van der Waals surface area (Å²) in [5, 5.41) is 20.7. The minimum absolute atomic E-state index is 0.0345. The lowest BCUT2D eigenvalue weighted by Crippen LogP contribution is -2.39. The number of carbonyl (C=O) groups excluding carboxylic acids is 1. The van der Waals surface area contributed by atoms with Gasteiger partial charge in [-0.15, -0.1) is 10.2 Å². The molecule has 4 aromatic rings. The molecule has 1 N–H and O–H groups in total. The number of para-hydroxylation sites is 2. The van der Waals surface area contributed by atoms with Gasteiger partial charge in [-0.05, 0) is 30.3 Å². The number of nitro groups is 1. The number of nitrogens with one attached hydrogen (secondary N) is 1. The van der Waals surface area contributed by atoms with Gasteiger partial charge < -0.3 is 4.42 Å². The number of rotatable bonds is 8. The van der Waals surface area contributed by atoms with Crippen LogP contribution < -0.4 is 10.4 Å². The number of hydrogen-bond donors (Lipinski definition) is 1. The van der Waals surface area contributed by atoms with Crippen molar-refractivity contribution in [2.75, 3.05) is 10.8 Å². The van der Waals surface area contributed by atoms with Crippen LogP contribution >= 0.6 is 11.8 Å². The van der Waals surface area contributed by atoms with Crippen LogP contribution in [0.3, 0.4) is 0 Å². The summed E-state index contributed by atoms with van der Waals surface area (Å²) in [6.07, 6.45) is 0. The molecule has 0 spiro atoms. The van der Waals surface area contributed by atoms with Gasteiger partial charge in [0, 0.05) is 17.7 Å². The number of aromatic nitrogens is 2. The molecule has 0 atom stereocenters. The van der Waals surface area contributed by atoms with E-state index in [0.29, 0.717) is 5.56 Å². The average Bonchev–Trinajstić information content (AvgIpc) is 3.32. The average molecular weight is 447 g/mol. The largest absolute Gasteiger partial charge is 0.411 e. The molecule has 4 rings (SSSR count). The Bertz CT molecular complexity index is 1180. The topological polar surface area (TPSA) is 114 Å². The van der Waals surface area contributed by atoms with Crippen molar-refractivity contribution in [2.24, 2.45) is 0 Å². The molecule has 0 saturated heterocycles. The lowest BCUT2D eigenvalue weighted by atomic mass is 10.2. The Morgan fingerprint density at radius 1 is 0.969 bits per heavy atom. The maximum atomic E-state index is 12.6. The number of benzene rings is 3. The van der Waals surface area contributed by atoms with E-state index in [9.17, 15) is 14.9 Å². The minimum Gasteiger partial charge on any atom is -0.411 e. The Morgan fingerprint density at radius 2 is 1.62 bits per heavy atom. The van der Waals surface area contributed by atoms with Crippen molar-refractivity contribution in [3.05, 3.63) is 95.0 Å². The summed E-state index contributed by atoms with van der Waals surface area (Å²) in [6, 6.07) is 24.8. The summed E-state index contributed by atoms with van der Waals surface area (Å²) in [6.45, 7) is 0. The molecule has 1 heterocycles. The maximum absolute atomic E-state index is 12.6. The molecule has 0 bridgehead atoms. The SMILES string of the molecule is O=C(CSc1nnc(-c2cccc([N+](=O)[O-])c2)o1)NN(c1ccccc1)c1ccccc1. The molecule has 0 saturated carbocycles. The van der Waals surface area contributed by atoms with Crippen LogP contribution in [0.1, 0.15) is 0 Å². The zero-order valence-corrected chi connectivity index (χ0v) is 17.4. The number of carbonyl (C=O) groups is 1. The van der Waals surface area contributed by atoms with Crippen molar-refractivity contribution in [1.82, 2.24) is 15.6 Å². The summed E-state index contributed by atoms with van der Waals surface area (Å²) in [4.78, 5) is 23.1. The van der Waals surface area contributed by atoms with Crippen molar-refractivity contribution < 1.29 is 14.1 Å². The molecule has 0 aliphatic heterocycles. The zero-order chi connectivity index (χ0) is 22.3. The Balaban J connectivity index is 1.42. The van der Waals surface area contributed by atoms with Crippen molar-refractivity contribution in [3.8, 4) is 11.5 Å². The fourth-order valence-corrected chi connectivity index (χ4v) is 3.41. The third kappa shape index (κ3) is 5.10. The first-order chi connectivity index (χ1) is 15.6. The van der Waals surface area contributed by atoms with Gasteiger partial charge in [0.05, 0.1) is 22.1 Å². The highest BCUT2D eigenvalue weighted by molar-refractivity contribution is 7.99. The molecule has 0 aliphatic carbocycles. The van der Waals surface area contributed by atoms with Crippen molar-refractivity contribution in [3.63, 3.8) is 0 Å². The highest BCUT2D eigenvalue weighted by Gasteiger charge is 2.16. The van der Waals surface area contributed by atoms with Crippen LogP contribution in [0.15, 0.2) is 94.6 Å². The van der Waals surface area contributed by atoms with Gasteiger partial charge in [-0.3, -0.25) is 25.3 Å². The van der Waals surface area contributed by atoms with Crippen molar-refractivity contribution >= 4 is 34.7 Å². The summed E-state index contributed by atoms with van der Waals surface area (Å²) >= 11 is 1.07. The second-order valence-corrected chi connectivity index (χ2v) is 7.44. The lowest BCUT2D eigenvalue weighted by molar-refractivity contribution is -0.384. The molecule has 3 aromatic carbocycles. The molecule has 1 aromatic heterocycles. The molecule has 10 heteroatoms. The summed E-state index contributed by atoms with van der Waals surface area (Å²) in [7, 11) is 0. The van der Waals surface area contributed by atoms with Gasteiger partial charge in [0.25, 0.3) is 10.9 Å². The first-order valence-corrected chi connectivity index (χ1v) is 10.5. The van der Waals surface area contributed by atoms with Crippen molar-refractivity contribution in [2.45, 2.75) is 5.22 Å². The summed E-state index contributed by atoms with van der Waals surface area (Å²) < 4.78 is 5.55. The van der Waals surface area contributed by atoms with Gasteiger partial charge in [0.2, 0.25) is 11.8 Å². The van der Waals surface area contributed by atoms with Crippen LogP contribution in [0.2, 0.25) is 0 Å². The predicted molar refractivity (Wildman–Crippen MR) is 120 cm³/mol. The van der Waals surface area contributed by atoms with Gasteiger partial charge in [-0.25, -0.2) is 0 Å². The monoisotopic (exact) mass is 447 g/mol. The molecular formula is C22H17N5O4S. The van der Waals surface area contributed by atoms with Gasteiger partial charge in [-0.1, -0.05) is 54.2 Å². The number of amides is 1. The number of hydrazine groups is 1. The van der Waals surface area contributed by atoms with E-state index >= 15 is 0 Å². The predicted octanol–water partition coefficient (Wildman–Crippen LogP) is 4.61. The Hall–Kier alpha value is -4.18. The maximum Gasteiger partial charge on any atom is 0.277 e. The molecule has 160 valence electrons. The fourth-order valence-electron chi connectivity index (χ4n) is 2.85. The number of hydrogen-bond acceptors (Lipinski definition) is 8. The fraction of sp³-hybridized carbons (Fsp3) is 0.0455. The van der Waals surface area contributed by atoms with E-state index in [4.69, 9.17) is 4.42 Å². The van der Waals surface area contributed by atoms with Crippen molar-refractivity contribution in [1.29, 1.82) is 0 Å². The highest BCUT2D eigenvalue weighted by atomic mass is 32.2. The lowest BCUT2D eigenvalue weighted by Gasteiger charge is -2.25. The molecule has 0 fully saturated rings. The van der Waals surface area contributed by atoms with E-state index in [1.54, 1.807) is 17.1 Å². The van der Waals surface area contributed by atoms with Crippen LogP contribution in [-0.4, -0.2) is 26.8 Å². The minimum atomic E-state index is -0.495. The van der Waals surface area contributed by atoms with Crippen LogP contribution in [0.5, 0.6) is 0 Å². The van der Waals surface area contributed by atoms with E-state index in [0.717, 1.165) is 23.1 Å². The van der Waals surface area contributed by atoms with Gasteiger partial charge in [0.1, 0.15) is 0 Å². The number of nitrogens with zero attached hydrogens (tertiary/aromatic N) is 4. The molecule has 32 heavy (non-hydrogen) atoms. The van der Waals surface area contributed by atoms with E-state index in [-0.39, 0.29) is 28.5 Å². The van der Waals surface area contributed by atoms with Crippen LogP contribution in [0, 0.1) is 10.1 Å². The summed E-state index contributed by atoms with van der Waals surface area (Å²) in [5.41, 5.74) is 4.86. The summed E-state index contributed by atoms with van der Waals surface area (Å²) in [5.74, 6) is -0.0863. The quantitative estimate of drug-likeness (QED) is 0.237. The third-order valence-electron chi connectivity index (χ3n) is 4.30. The normalized spacial score (nSPS) is 10.5. The highest BCUT2D eigenvalue weighted by Crippen LogP contribution is 2.26. The number of thioether (sulfide) groups is 1. The second kappa shape index (κ2) is 9.75. The van der Waals surface area contributed by atoms with E-state index in [2.05, 4.69) is 15.6 Å². The molecule has 0 unspecified atom stereocenters. The molecule has 9 nitrogen and oxygen atoms in total. The molecule has 0 aliphatic rings. The molecule has 1 amide bonds. The van der Waals surface area contributed by atoms with Gasteiger partial charge >= 0.3 is 0 Å². The third-order valence-corrected chi connectivity index (χ3v) is 5.12. The number of nitro benzene ring substituents is 1. The smallest absolute Gasteiger partial charge is 0.277 e. The van der Waals surface area contributed by atoms with Crippen LogP contribution in [-0.2, 0) is 4.79 Å². The standard InChI is InChI=1S/C22H17N5O4S/c28-20(25-26(17-9-3-1-4-10-17)18-11-5-2-6-12-18)15-32-22-24-23-21(31-22)16-8-7-13-19(14-16)27(29)30/h1-14H,15H2,(H,25,28). The molecule has 0 radical (unpaired) electrons. The van der Waals surface area contributed by atoms with Gasteiger partial charge in [0.15, 0.2) is 0 Å². The second-order valence-electron chi connectivity index (χ2n) is 6.51. The Morgan fingerprint density at radius 3 is 2.25 bits per heavy atom. The first kappa shape index (κ1) is 21.1. The Labute approximate surface area is 187 Å². The number of anilines is 2. The first-order valence-electron chi connectivity index (χ1n) is 9.51. The molecular weight excluding hydrogens is 430 g/mol. The number of non-ortho nitro benzene ring substituents is 1. The van der Waals surface area contributed by atoms with E-state index < -0.39 is 4.92 Å². The Kier molecular flexibility index (Phi) is 6.42.